The summed E-state index contributed by atoms with van der Waals surface area (Å²) in [5.41, 5.74) is 1.52. The monoisotopic (exact) mass is 164 g/mol. The lowest BCUT2D eigenvalue weighted by Gasteiger charge is -2.06. The Morgan fingerprint density at radius 3 is 2.75 bits per heavy atom. The van der Waals surface area contributed by atoms with Crippen LogP contribution in [-0.2, 0) is 13.0 Å². The summed E-state index contributed by atoms with van der Waals surface area (Å²) in [5, 5.41) is 18.3. The highest BCUT2D eigenvalue weighted by Gasteiger charge is 2.03. The van der Waals surface area contributed by atoms with Gasteiger partial charge in [0.2, 0.25) is 0 Å². The Hall–Kier alpha value is -1.28. The highest BCUT2D eigenvalue weighted by molar-refractivity contribution is 5.39. The van der Waals surface area contributed by atoms with Gasteiger partial charge >= 0.3 is 0 Å². The van der Waals surface area contributed by atoms with Crippen molar-refractivity contribution in [2.24, 2.45) is 0 Å². The minimum Gasteiger partial charge on any atom is -0.508 e. The van der Waals surface area contributed by atoms with Gasteiger partial charge in [-0.1, -0.05) is 18.2 Å². The van der Waals surface area contributed by atoms with Crippen LogP contribution < -0.4 is 0 Å². The summed E-state index contributed by atoms with van der Waals surface area (Å²) in [6.07, 6.45) is 2.41. The molecule has 12 heavy (non-hydrogen) atoms. The maximum atomic E-state index is 9.32. The fourth-order valence-corrected chi connectivity index (χ4v) is 1.15. The molecule has 2 heteroatoms. The summed E-state index contributed by atoms with van der Waals surface area (Å²) in [4.78, 5) is 0. The lowest BCUT2D eigenvalue weighted by Crippen LogP contribution is -1.92. The largest absolute Gasteiger partial charge is 0.508 e. The summed E-state index contributed by atoms with van der Waals surface area (Å²) in [5.74, 6) is 0.150. The van der Waals surface area contributed by atoms with Gasteiger partial charge in [-0.2, -0.15) is 0 Å². The molecule has 0 radical (unpaired) electrons. The lowest BCUT2D eigenvalue weighted by atomic mass is 10.0. The van der Waals surface area contributed by atoms with Gasteiger partial charge in [0.1, 0.15) is 5.75 Å². The molecule has 0 saturated heterocycles. The Balaban J connectivity index is 3.08. The van der Waals surface area contributed by atoms with Gasteiger partial charge in [-0.15, -0.1) is 6.58 Å². The molecule has 0 aliphatic carbocycles. The molecule has 2 nitrogen and oxygen atoms in total. The van der Waals surface area contributed by atoms with Crippen molar-refractivity contribution in [2.45, 2.75) is 13.0 Å². The molecule has 2 N–H and O–H groups in total. The Bertz CT molecular complexity index is 279. The third-order valence-corrected chi connectivity index (χ3v) is 1.77. The standard InChI is InChI=1S/C10H12O2/c1-2-4-8-5-3-6-10(12)9(8)7-11/h2-3,5-6,11-12H,1,4,7H2. The van der Waals surface area contributed by atoms with E-state index in [2.05, 4.69) is 6.58 Å². The van der Waals surface area contributed by atoms with Crippen LogP contribution in [0.15, 0.2) is 30.9 Å². The maximum absolute atomic E-state index is 9.32. The van der Waals surface area contributed by atoms with E-state index in [0.29, 0.717) is 12.0 Å². The summed E-state index contributed by atoms with van der Waals surface area (Å²) >= 11 is 0. The van der Waals surface area contributed by atoms with Gasteiger partial charge in [0, 0.05) is 5.56 Å². The van der Waals surface area contributed by atoms with E-state index < -0.39 is 0 Å². The molecule has 1 aromatic carbocycles. The second-order valence-corrected chi connectivity index (χ2v) is 2.57. The fraction of sp³-hybridized carbons (Fsp3) is 0.200. The van der Waals surface area contributed by atoms with E-state index in [1.165, 1.54) is 0 Å². The highest BCUT2D eigenvalue weighted by Crippen LogP contribution is 2.21. The van der Waals surface area contributed by atoms with E-state index in [1.807, 2.05) is 6.07 Å². The molecule has 0 bridgehead atoms. The van der Waals surface area contributed by atoms with Crippen molar-refractivity contribution in [3.05, 3.63) is 42.0 Å². The zero-order chi connectivity index (χ0) is 8.97. The molecule has 0 aromatic heterocycles. The van der Waals surface area contributed by atoms with Crippen LogP contribution in [0.3, 0.4) is 0 Å². The van der Waals surface area contributed by atoms with Crippen molar-refractivity contribution in [1.29, 1.82) is 0 Å². The van der Waals surface area contributed by atoms with Gasteiger partial charge in [0.05, 0.1) is 6.61 Å². The molecule has 0 spiro atoms. The minimum absolute atomic E-state index is 0.129. The number of aliphatic hydroxyl groups is 1. The van der Waals surface area contributed by atoms with Gasteiger partial charge in [-0.3, -0.25) is 0 Å². The van der Waals surface area contributed by atoms with Crippen molar-refractivity contribution in [2.75, 3.05) is 0 Å². The van der Waals surface area contributed by atoms with E-state index in [0.717, 1.165) is 5.56 Å². The van der Waals surface area contributed by atoms with Gasteiger partial charge in [-0.25, -0.2) is 0 Å². The number of hydrogen-bond acceptors (Lipinski definition) is 2. The van der Waals surface area contributed by atoms with Crippen LogP contribution in [0.5, 0.6) is 5.75 Å². The average molecular weight is 164 g/mol. The molecule has 0 aliphatic rings. The Morgan fingerprint density at radius 1 is 1.42 bits per heavy atom. The zero-order valence-corrected chi connectivity index (χ0v) is 6.83. The summed E-state index contributed by atoms with van der Waals surface area (Å²) in [6, 6.07) is 5.19. The molecule has 0 unspecified atom stereocenters. The van der Waals surface area contributed by atoms with Crippen molar-refractivity contribution in [3.63, 3.8) is 0 Å². The van der Waals surface area contributed by atoms with Crippen molar-refractivity contribution < 1.29 is 10.2 Å². The van der Waals surface area contributed by atoms with Crippen molar-refractivity contribution in [1.82, 2.24) is 0 Å². The van der Waals surface area contributed by atoms with E-state index in [9.17, 15) is 5.11 Å². The number of phenols is 1. The van der Waals surface area contributed by atoms with Crippen LogP contribution in [0.25, 0.3) is 0 Å². The maximum Gasteiger partial charge on any atom is 0.121 e. The number of hydrogen-bond donors (Lipinski definition) is 2. The average Bonchev–Trinajstić information content (AvgIpc) is 2.05. The molecule has 0 aliphatic heterocycles. The molecule has 1 aromatic rings. The first-order valence-corrected chi connectivity index (χ1v) is 3.81. The smallest absolute Gasteiger partial charge is 0.121 e. The first kappa shape index (κ1) is 8.81. The quantitative estimate of drug-likeness (QED) is 0.666. The number of allylic oxidation sites excluding steroid dienone is 1. The topological polar surface area (TPSA) is 40.5 Å². The molecular formula is C10H12O2. The van der Waals surface area contributed by atoms with Crippen LogP contribution in [0.4, 0.5) is 0 Å². The minimum atomic E-state index is -0.129. The van der Waals surface area contributed by atoms with Gasteiger partial charge in [0.25, 0.3) is 0 Å². The second kappa shape index (κ2) is 3.93. The number of aliphatic hydroxyl groups excluding tert-OH is 1. The summed E-state index contributed by atoms with van der Waals surface area (Å²) in [6.45, 7) is 3.47. The molecule has 0 saturated carbocycles. The van der Waals surface area contributed by atoms with Gasteiger partial charge in [0.15, 0.2) is 0 Å². The molecule has 0 atom stereocenters. The number of benzene rings is 1. The Morgan fingerprint density at radius 2 is 2.17 bits per heavy atom. The van der Waals surface area contributed by atoms with E-state index in [4.69, 9.17) is 5.11 Å². The van der Waals surface area contributed by atoms with Crippen LogP contribution in [0.1, 0.15) is 11.1 Å². The van der Waals surface area contributed by atoms with Crippen LogP contribution >= 0.6 is 0 Å². The van der Waals surface area contributed by atoms with E-state index in [-0.39, 0.29) is 12.4 Å². The summed E-state index contributed by atoms with van der Waals surface area (Å²) < 4.78 is 0. The van der Waals surface area contributed by atoms with Crippen LogP contribution in [0.2, 0.25) is 0 Å². The molecule has 0 heterocycles. The number of aromatic hydroxyl groups is 1. The zero-order valence-electron chi connectivity index (χ0n) is 6.83. The van der Waals surface area contributed by atoms with Crippen molar-refractivity contribution in [3.8, 4) is 5.75 Å². The first-order valence-electron chi connectivity index (χ1n) is 3.81. The molecule has 64 valence electrons. The third-order valence-electron chi connectivity index (χ3n) is 1.77. The van der Waals surface area contributed by atoms with Crippen LogP contribution in [-0.4, -0.2) is 10.2 Å². The van der Waals surface area contributed by atoms with E-state index in [1.54, 1.807) is 18.2 Å². The Kier molecular flexibility index (Phi) is 2.88. The predicted molar refractivity (Wildman–Crippen MR) is 47.9 cm³/mol. The first-order chi connectivity index (χ1) is 5.79. The second-order valence-electron chi connectivity index (χ2n) is 2.57. The normalized spacial score (nSPS) is 9.75. The SMILES string of the molecule is C=CCc1cccc(O)c1CO. The highest BCUT2D eigenvalue weighted by atomic mass is 16.3. The summed E-state index contributed by atoms with van der Waals surface area (Å²) in [7, 11) is 0. The molecule has 0 amide bonds. The molecular weight excluding hydrogens is 152 g/mol. The Labute approximate surface area is 71.8 Å². The van der Waals surface area contributed by atoms with Crippen LogP contribution in [0, 0.1) is 0 Å². The predicted octanol–water partition coefficient (Wildman–Crippen LogP) is 1.61. The van der Waals surface area contributed by atoms with Gasteiger partial charge < -0.3 is 10.2 Å². The third kappa shape index (κ3) is 1.66. The van der Waals surface area contributed by atoms with Gasteiger partial charge in [-0.05, 0) is 18.1 Å². The fourth-order valence-electron chi connectivity index (χ4n) is 1.15. The lowest BCUT2D eigenvalue weighted by molar-refractivity contribution is 0.274. The molecule has 1 rings (SSSR count). The van der Waals surface area contributed by atoms with E-state index >= 15 is 0 Å². The van der Waals surface area contributed by atoms with Crippen molar-refractivity contribution >= 4 is 0 Å². The molecule has 0 fully saturated rings. The number of rotatable bonds is 3.